The summed E-state index contributed by atoms with van der Waals surface area (Å²) in [5.41, 5.74) is 0. The average Bonchev–Trinajstić information content (AvgIpc) is 2.04. The number of anilines is 1. The van der Waals surface area contributed by atoms with Crippen molar-refractivity contribution in [2.24, 2.45) is 0 Å². The summed E-state index contributed by atoms with van der Waals surface area (Å²) in [6, 6.07) is 1.86. The van der Waals surface area contributed by atoms with Gasteiger partial charge in [0, 0.05) is 19.5 Å². The predicted molar refractivity (Wildman–Crippen MR) is 53.3 cm³/mol. The van der Waals surface area contributed by atoms with Crippen LogP contribution in [-0.2, 0) is 6.42 Å². The molecule has 0 saturated heterocycles. The van der Waals surface area contributed by atoms with Crippen molar-refractivity contribution in [3.63, 3.8) is 0 Å². The minimum atomic E-state index is 0.838. The Balaban J connectivity index is 2.90. The second-order valence-corrected chi connectivity index (χ2v) is 3.30. The van der Waals surface area contributed by atoms with Crippen molar-refractivity contribution in [2.75, 3.05) is 12.4 Å². The fraction of sp³-hybridized carbons (Fsp3) is 0.500. The lowest BCUT2D eigenvalue weighted by molar-refractivity contribution is 0.830. The third-order valence-electron chi connectivity index (χ3n) is 1.47. The summed E-state index contributed by atoms with van der Waals surface area (Å²) in [6.45, 7) is 2.11. The van der Waals surface area contributed by atoms with Crippen molar-refractivity contribution in [2.45, 2.75) is 19.8 Å². The van der Waals surface area contributed by atoms with Gasteiger partial charge in [-0.2, -0.15) is 0 Å². The maximum absolute atomic E-state index is 4.29. The standard InChI is InChI=1S/C8H12BrN3/c1-3-4-7-11-6(9)5-8(10-2)12-7/h5H,3-4H2,1-2H3,(H,10,11,12). The molecule has 1 rings (SSSR count). The Morgan fingerprint density at radius 2 is 2.25 bits per heavy atom. The van der Waals surface area contributed by atoms with Crippen LogP contribution in [0.25, 0.3) is 0 Å². The lowest BCUT2D eigenvalue weighted by atomic mass is 10.3. The van der Waals surface area contributed by atoms with Gasteiger partial charge in [-0.3, -0.25) is 0 Å². The molecule has 1 N–H and O–H groups in total. The highest BCUT2D eigenvalue weighted by Crippen LogP contribution is 2.12. The molecule has 0 radical (unpaired) electrons. The number of aryl methyl sites for hydroxylation is 1. The van der Waals surface area contributed by atoms with E-state index in [0.717, 1.165) is 29.1 Å². The van der Waals surface area contributed by atoms with Crippen LogP contribution in [-0.4, -0.2) is 17.0 Å². The van der Waals surface area contributed by atoms with Gasteiger partial charge in [-0.1, -0.05) is 6.92 Å². The quantitative estimate of drug-likeness (QED) is 0.809. The van der Waals surface area contributed by atoms with Crippen molar-refractivity contribution < 1.29 is 0 Å². The SMILES string of the molecule is CCCc1nc(Br)cc(NC)n1. The summed E-state index contributed by atoms with van der Waals surface area (Å²) in [6.07, 6.45) is 1.99. The van der Waals surface area contributed by atoms with Crippen LogP contribution in [0.2, 0.25) is 0 Å². The molecule has 0 amide bonds. The molecular formula is C8H12BrN3. The first kappa shape index (κ1) is 9.45. The third kappa shape index (κ3) is 2.44. The van der Waals surface area contributed by atoms with Gasteiger partial charge in [-0.25, -0.2) is 9.97 Å². The highest BCUT2D eigenvalue weighted by molar-refractivity contribution is 9.10. The van der Waals surface area contributed by atoms with Crippen LogP contribution in [0, 0.1) is 0 Å². The first-order valence-electron chi connectivity index (χ1n) is 3.97. The summed E-state index contributed by atoms with van der Waals surface area (Å²) in [4.78, 5) is 8.53. The molecule has 4 heteroatoms. The van der Waals surface area contributed by atoms with E-state index in [1.807, 2.05) is 13.1 Å². The number of rotatable bonds is 3. The fourth-order valence-electron chi connectivity index (χ4n) is 0.928. The number of nitrogens with zero attached hydrogens (tertiary/aromatic N) is 2. The zero-order valence-corrected chi connectivity index (χ0v) is 8.85. The maximum Gasteiger partial charge on any atom is 0.132 e. The number of nitrogens with one attached hydrogen (secondary N) is 1. The van der Waals surface area contributed by atoms with E-state index >= 15 is 0 Å². The summed E-state index contributed by atoms with van der Waals surface area (Å²) in [5, 5.41) is 2.99. The van der Waals surface area contributed by atoms with Gasteiger partial charge in [0.05, 0.1) is 0 Å². The molecule has 0 unspecified atom stereocenters. The van der Waals surface area contributed by atoms with Gasteiger partial charge in [0.2, 0.25) is 0 Å². The Morgan fingerprint density at radius 1 is 1.50 bits per heavy atom. The Kier molecular flexibility index (Phi) is 3.47. The number of aromatic nitrogens is 2. The Bertz CT molecular complexity index is 262. The fourth-order valence-corrected chi connectivity index (χ4v) is 1.35. The topological polar surface area (TPSA) is 37.8 Å². The van der Waals surface area contributed by atoms with Gasteiger partial charge >= 0.3 is 0 Å². The smallest absolute Gasteiger partial charge is 0.132 e. The molecule has 3 nitrogen and oxygen atoms in total. The molecule has 0 aliphatic carbocycles. The lowest BCUT2D eigenvalue weighted by Crippen LogP contribution is -1.99. The van der Waals surface area contributed by atoms with E-state index in [1.54, 1.807) is 0 Å². The minimum absolute atomic E-state index is 0.838. The Labute approximate surface area is 80.7 Å². The zero-order valence-electron chi connectivity index (χ0n) is 7.26. The van der Waals surface area contributed by atoms with Crippen LogP contribution in [0.1, 0.15) is 19.2 Å². The first-order chi connectivity index (χ1) is 5.76. The molecule has 0 saturated carbocycles. The monoisotopic (exact) mass is 229 g/mol. The largest absolute Gasteiger partial charge is 0.373 e. The van der Waals surface area contributed by atoms with Gasteiger partial charge < -0.3 is 5.32 Å². The minimum Gasteiger partial charge on any atom is -0.373 e. The molecule has 0 spiro atoms. The van der Waals surface area contributed by atoms with E-state index < -0.39 is 0 Å². The third-order valence-corrected chi connectivity index (χ3v) is 1.88. The molecular weight excluding hydrogens is 218 g/mol. The van der Waals surface area contributed by atoms with E-state index in [0.29, 0.717) is 0 Å². The van der Waals surface area contributed by atoms with E-state index in [-0.39, 0.29) is 0 Å². The lowest BCUT2D eigenvalue weighted by Gasteiger charge is -2.02. The average molecular weight is 230 g/mol. The van der Waals surface area contributed by atoms with Crippen LogP contribution >= 0.6 is 15.9 Å². The second-order valence-electron chi connectivity index (χ2n) is 2.49. The molecule has 12 heavy (non-hydrogen) atoms. The van der Waals surface area contributed by atoms with Gasteiger partial charge in [0.25, 0.3) is 0 Å². The molecule has 1 aromatic heterocycles. The molecule has 0 bridgehead atoms. The van der Waals surface area contributed by atoms with Crippen LogP contribution in [0.15, 0.2) is 10.7 Å². The summed E-state index contributed by atoms with van der Waals surface area (Å²) in [5.74, 6) is 1.75. The van der Waals surface area contributed by atoms with Crippen molar-refractivity contribution in [3.8, 4) is 0 Å². The normalized spacial score (nSPS) is 9.92. The van der Waals surface area contributed by atoms with E-state index in [1.165, 1.54) is 0 Å². The van der Waals surface area contributed by atoms with Crippen LogP contribution in [0.3, 0.4) is 0 Å². The Morgan fingerprint density at radius 3 is 2.83 bits per heavy atom. The summed E-state index contributed by atoms with van der Waals surface area (Å²) >= 11 is 3.33. The summed E-state index contributed by atoms with van der Waals surface area (Å²) in [7, 11) is 1.85. The van der Waals surface area contributed by atoms with Crippen LogP contribution in [0.5, 0.6) is 0 Å². The van der Waals surface area contributed by atoms with E-state index in [9.17, 15) is 0 Å². The molecule has 0 aromatic carbocycles. The van der Waals surface area contributed by atoms with Crippen molar-refractivity contribution in [1.82, 2.24) is 9.97 Å². The van der Waals surface area contributed by atoms with Crippen LogP contribution < -0.4 is 5.32 Å². The number of hydrogen-bond acceptors (Lipinski definition) is 3. The molecule has 0 aliphatic rings. The number of halogens is 1. The van der Waals surface area contributed by atoms with Crippen molar-refractivity contribution in [3.05, 3.63) is 16.5 Å². The molecule has 66 valence electrons. The van der Waals surface area contributed by atoms with Crippen molar-refractivity contribution >= 4 is 21.7 Å². The highest BCUT2D eigenvalue weighted by atomic mass is 79.9. The van der Waals surface area contributed by atoms with Crippen molar-refractivity contribution in [1.29, 1.82) is 0 Å². The van der Waals surface area contributed by atoms with Gasteiger partial charge in [-0.05, 0) is 22.4 Å². The van der Waals surface area contributed by atoms with E-state index in [4.69, 9.17) is 0 Å². The van der Waals surface area contributed by atoms with Gasteiger partial charge in [0.15, 0.2) is 0 Å². The molecule has 0 fully saturated rings. The molecule has 0 aliphatic heterocycles. The molecule has 1 heterocycles. The Hall–Kier alpha value is -0.640. The van der Waals surface area contributed by atoms with Gasteiger partial charge in [0.1, 0.15) is 16.2 Å². The number of hydrogen-bond donors (Lipinski definition) is 1. The van der Waals surface area contributed by atoms with Crippen LogP contribution in [0.4, 0.5) is 5.82 Å². The molecule has 0 atom stereocenters. The maximum atomic E-state index is 4.29. The van der Waals surface area contributed by atoms with Gasteiger partial charge in [-0.15, -0.1) is 0 Å². The summed E-state index contributed by atoms with van der Waals surface area (Å²) < 4.78 is 0.838. The zero-order chi connectivity index (χ0) is 8.97. The second kappa shape index (κ2) is 4.40. The highest BCUT2D eigenvalue weighted by Gasteiger charge is 1.99. The molecule has 1 aromatic rings. The predicted octanol–water partition coefficient (Wildman–Crippen LogP) is 2.23. The first-order valence-corrected chi connectivity index (χ1v) is 4.76. The van der Waals surface area contributed by atoms with E-state index in [2.05, 4.69) is 38.1 Å².